The minimum Gasteiger partial charge on any atom is -0.454 e. The standard InChI is InChI=1S/C23H18BrNO4/c1-15-2-4-16(5-3-15)21(26)14-29-23(28)18-8-12-20(13-9-18)25-22(27)17-6-10-19(24)11-7-17/h2-13H,14H2,1H3,(H,25,27). The fourth-order valence-electron chi connectivity index (χ4n) is 2.53. The maximum absolute atomic E-state index is 12.2. The van der Waals surface area contributed by atoms with Crippen molar-refractivity contribution in [3.8, 4) is 0 Å². The van der Waals surface area contributed by atoms with E-state index in [0.717, 1.165) is 10.0 Å². The van der Waals surface area contributed by atoms with Crippen LogP contribution in [-0.2, 0) is 4.74 Å². The molecular weight excluding hydrogens is 434 g/mol. The first-order chi connectivity index (χ1) is 13.9. The van der Waals surface area contributed by atoms with Crippen LogP contribution in [0.5, 0.6) is 0 Å². The van der Waals surface area contributed by atoms with Crippen molar-refractivity contribution in [3.63, 3.8) is 0 Å². The first-order valence-corrected chi connectivity index (χ1v) is 9.65. The smallest absolute Gasteiger partial charge is 0.338 e. The van der Waals surface area contributed by atoms with Crippen molar-refractivity contribution in [1.82, 2.24) is 0 Å². The Hall–Kier alpha value is -3.25. The molecule has 29 heavy (non-hydrogen) atoms. The summed E-state index contributed by atoms with van der Waals surface area (Å²) in [6.07, 6.45) is 0. The molecule has 0 aliphatic heterocycles. The van der Waals surface area contributed by atoms with Gasteiger partial charge in [-0.1, -0.05) is 45.8 Å². The molecule has 5 nitrogen and oxygen atoms in total. The van der Waals surface area contributed by atoms with Gasteiger partial charge in [0.15, 0.2) is 12.4 Å². The highest BCUT2D eigenvalue weighted by molar-refractivity contribution is 9.10. The highest BCUT2D eigenvalue weighted by Gasteiger charge is 2.12. The Morgan fingerprint density at radius 3 is 1.97 bits per heavy atom. The van der Waals surface area contributed by atoms with Gasteiger partial charge < -0.3 is 10.1 Å². The molecule has 0 unspecified atom stereocenters. The molecule has 0 aromatic heterocycles. The number of nitrogens with one attached hydrogen (secondary N) is 1. The van der Waals surface area contributed by atoms with Crippen LogP contribution < -0.4 is 5.32 Å². The molecule has 0 radical (unpaired) electrons. The van der Waals surface area contributed by atoms with Crippen LogP contribution in [0.25, 0.3) is 0 Å². The molecule has 0 heterocycles. The van der Waals surface area contributed by atoms with Gasteiger partial charge in [0.25, 0.3) is 5.91 Å². The number of amides is 1. The number of Topliss-reactive ketones (excluding diaryl/α,β-unsaturated/α-hetero) is 1. The van der Waals surface area contributed by atoms with Crippen LogP contribution in [-0.4, -0.2) is 24.3 Å². The fourth-order valence-corrected chi connectivity index (χ4v) is 2.80. The normalized spacial score (nSPS) is 10.3. The number of hydrogen-bond acceptors (Lipinski definition) is 4. The van der Waals surface area contributed by atoms with E-state index < -0.39 is 5.97 Å². The van der Waals surface area contributed by atoms with Crippen LogP contribution in [0.3, 0.4) is 0 Å². The summed E-state index contributed by atoms with van der Waals surface area (Å²) in [6.45, 7) is 1.60. The molecule has 0 aliphatic carbocycles. The number of anilines is 1. The van der Waals surface area contributed by atoms with E-state index in [4.69, 9.17) is 4.74 Å². The van der Waals surface area contributed by atoms with Gasteiger partial charge in [0.05, 0.1) is 5.56 Å². The molecule has 0 fully saturated rings. The number of carbonyl (C=O) groups excluding carboxylic acids is 3. The Balaban J connectivity index is 1.55. The van der Waals surface area contributed by atoms with Crippen LogP contribution >= 0.6 is 15.9 Å². The van der Waals surface area contributed by atoms with Gasteiger partial charge in [0.2, 0.25) is 0 Å². The third kappa shape index (κ3) is 5.62. The second kappa shape index (κ2) is 9.30. The number of aryl methyl sites for hydroxylation is 1. The summed E-state index contributed by atoms with van der Waals surface area (Å²) >= 11 is 3.32. The summed E-state index contributed by atoms with van der Waals surface area (Å²) in [5.74, 6) is -1.12. The maximum atomic E-state index is 12.2. The van der Waals surface area contributed by atoms with Gasteiger partial charge >= 0.3 is 5.97 Å². The predicted molar refractivity (Wildman–Crippen MR) is 114 cm³/mol. The van der Waals surface area contributed by atoms with Gasteiger partial charge in [0, 0.05) is 21.3 Å². The molecule has 3 aromatic carbocycles. The zero-order valence-electron chi connectivity index (χ0n) is 15.6. The second-order valence-corrected chi connectivity index (χ2v) is 7.32. The molecule has 0 bridgehead atoms. The van der Waals surface area contributed by atoms with Crippen molar-refractivity contribution in [3.05, 3.63) is 99.5 Å². The highest BCUT2D eigenvalue weighted by atomic mass is 79.9. The number of carbonyl (C=O) groups is 3. The van der Waals surface area contributed by atoms with E-state index in [-0.39, 0.29) is 18.3 Å². The van der Waals surface area contributed by atoms with Crippen molar-refractivity contribution in [2.45, 2.75) is 6.92 Å². The molecule has 0 saturated carbocycles. The van der Waals surface area contributed by atoms with Crippen molar-refractivity contribution in [2.75, 3.05) is 11.9 Å². The summed E-state index contributed by atoms with van der Waals surface area (Å²) in [7, 11) is 0. The average molecular weight is 452 g/mol. The molecule has 3 rings (SSSR count). The quantitative estimate of drug-likeness (QED) is 0.420. The summed E-state index contributed by atoms with van der Waals surface area (Å²) in [5, 5.41) is 2.76. The molecule has 0 saturated heterocycles. The highest BCUT2D eigenvalue weighted by Crippen LogP contribution is 2.15. The first kappa shape index (κ1) is 20.5. The molecule has 1 amide bonds. The average Bonchev–Trinajstić information content (AvgIpc) is 2.73. The molecule has 1 N–H and O–H groups in total. The fraction of sp³-hybridized carbons (Fsp3) is 0.0870. The van der Waals surface area contributed by atoms with Gasteiger partial charge in [-0.05, 0) is 55.5 Å². The van der Waals surface area contributed by atoms with Crippen LogP contribution in [0.4, 0.5) is 5.69 Å². The van der Waals surface area contributed by atoms with E-state index in [0.29, 0.717) is 22.4 Å². The third-order valence-electron chi connectivity index (χ3n) is 4.19. The van der Waals surface area contributed by atoms with E-state index in [2.05, 4.69) is 21.2 Å². The lowest BCUT2D eigenvalue weighted by Gasteiger charge is -2.07. The third-order valence-corrected chi connectivity index (χ3v) is 4.72. The van der Waals surface area contributed by atoms with Crippen molar-refractivity contribution < 1.29 is 19.1 Å². The monoisotopic (exact) mass is 451 g/mol. The number of ketones is 1. The minimum absolute atomic E-state index is 0.253. The number of ether oxygens (including phenoxy) is 1. The number of benzene rings is 3. The lowest BCUT2D eigenvalue weighted by Crippen LogP contribution is -2.15. The summed E-state index contributed by atoms with van der Waals surface area (Å²) in [4.78, 5) is 36.5. The SMILES string of the molecule is Cc1ccc(C(=O)COC(=O)c2ccc(NC(=O)c3ccc(Br)cc3)cc2)cc1. The molecule has 146 valence electrons. The van der Waals surface area contributed by atoms with Crippen LogP contribution in [0.2, 0.25) is 0 Å². The van der Waals surface area contributed by atoms with Crippen LogP contribution in [0.1, 0.15) is 36.6 Å². The number of rotatable bonds is 6. The lowest BCUT2D eigenvalue weighted by atomic mass is 10.1. The second-order valence-electron chi connectivity index (χ2n) is 6.40. The Kier molecular flexibility index (Phi) is 6.57. The van der Waals surface area contributed by atoms with Crippen molar-refractivity contribution in [2.24, 2.45) is 0 Å². The van der Waals surface area contributed by atoms with E-state index in [1.807, 2.05) is 19.1 Å². The Labute approximate surface area is 176 Å². The van der Waals surface area contributed by atoms with Gasteiger partial charge in [-0.3, -0.25) is 9.59 Å². The minimum atomic E-state index is -0.601. The summed E-state index contributed by atoms with van der Waals surface area (Å²) in [6, 6.07) is 20.3. The first-order valence-electron chi connectivity index (χ1n) is 8.86. The van der Waals surface area contributed by atoms with Gasteiger partial charge in [-0.25, -0.2) is 4.79 Å². The molecule has 0 aliphatic rings. The van der Waals surface area contributed by atoms with E-state index >= 15 is 0 Å². The molecular formula is C23H18BrNO4. The van der Waals surface area contributed by atoms with Crippen LogP contribution in [0.15, 0.2) is 77.3 Å². The predicted octanol–water partition coefficient (Wildman–Crippen LogP) is 5.05. The van der Waals surface area contributed by atoms with Gasteiger partial charge in [-0.15, -0.1) is 0 Å². The number of esters is 1. The molecule has 3 aromatic rings. The van der Waals surface area contributed by atoms with Gasteiger partial charge in [-0.2, -0.15) is 0 Å². The van der Waals surface area contributed by atoms with E-state index in [9.17, 15) is 14.4 Å². The van der Waals surface area contributed by atoms with Crippen LogP contribution in [0, 0.1) is 6.92 Å². The Morgan fingerprint density at radius 1 is 0.793 bits per heavy atom. The Bertz CT molecular complexity index is 1030. The van der Waals surface area contributed by atoms with E-state index in [1.54, 1.807) is 48.5 Å². The number of halogens is 1. The molecule has 0 atom stereocenters. The molecule has 0 spiro atoms. The zero-order chi connectivity index (χ0) is 20.8. The lowest BCUT2D eigenvalue weighted by molar-refractivity contribution is 0.0475. The largest absolute Gasteiger partial charge is 0.454 e. The van der Waals surface area contributed by atoms with Crippen molar-refractivity contribution in [1.29, 1.82) is 0 Å². The van der Waals surface area contributed by atoms with E-state index in [1.165, 1.54) is 12.1 Å². The Morgan fingerprint density at radius 2 is 1.34 bits per heavy atom. The molecule has 6 heteroatoms. The maximum Gasteiger partial charge on any atom is 0.338 e. The van der Waals surface area contributed by atoms with Gasteiger partial charge in [0.1, 0.15) is 0 Å². The summed E-state index contributed by atoms with van der Waals surface area (Å²) in [5.41, 5.74) is 2.90. The van der Waals surface area contributed by atoms with Crippen molar-refractivity contribution >= 4 is 39.3 Å². The summed E-state index contributed by atoms with van der Waals surface area (Å²) < 4.78 is 5.98. The zero-order valence-corrected chi connectivity index (χ0v) is 17.2. The number of hydrogen-bond donors (Lipinski definition) is 1. The topological polar surface area (TPSA) is 72.5 Å².